The highest BCUT2D eigenvalue weighted by atomic mass is 19.1. The predicted octanol–water partition coefficient (Wildman–Crippen LogP) is 4.72. The Morgan fingerprint density at radius 2 is 1.93 bits per heavy atom. The van der Waals surface area contributed by atoms with Gasteiger partial charge >= 0.3 is 11.6 Å². The second-order valence-corrected chi connectivity index (χ2v) is 6.14. The zero-order valence-corrected chi connectivity index (χ0v) is 15.5. The smallest absolute Gasteiger partial charge is 0.346 e. The maximum absolute atomic E-state index is 14.8. The molecule has 2 aromatic carbocycles. The summed E-state index contributed by atoms with van der Waals surface area (Å²) < 4.78 is 30.0. The lowest BCUT2D eigenvalue weighted by Gasteiger charge is -2.08. The number of ether oxygens (including phenoxy) is 2. The summed E-state index contributed by atoms with van der Waals surface area (Å²) in [6.07, 6.45) is 4.62. The molecule has 0 spiro atoms. The summed E-state index contributed by atoms with van der Waals surface area (Å²) in [5, 5.41) is 0.136. The Hall–Kier alpha value is -3.41. The molecule has 0 fully saturated rings. The third kappa shape index (κ3) is 4.11. The van der Waals surface area contributed by atoms with Gasteiger partial charge in [0.2, 0.25) is 0 Å². The number of methoxy groups -OCH3 is 1. The predicted molar refractivity (Wildman–Crippen MR) is 104 cm³/mol. The van der Waals surface area contributed by atoms with Crippen molar-refractivity contribution in [3.05, 3.63) is 81.9 Å². The molecule has 0 radical (unpaired) electrons. The summed E-state index contributed by atoms with van der Waals surface area (Å²) in [7, 11) is 1.54. The highest BCUT2D eigenvalue weighted by Gasteiger charge is 2.19. The van der Waals surface area contributed by atoms with Crippen LogP contribution in [0, 0.1) is 5.82 Å². The molecule has 0 amide bonds. The molecule has 3 aromatic rings. The van der Waals surface area contributed by atoms with Crippen molar-refractivity contribution in [1.29, 1.82) is 0 Å². The van der Waals surface area contributed by atoms with E-state index >= 15 is 0 Å². The van der Waals surface area contributed by atoms with Crippen LogP contribution < -0.4 is 10.4 Å². The molecule has 1 aromatic heterocycles. The zero-order valence-electron chi connectivity index (χ0n) is 15.5. The largest absolute Gasteiger partial charge is 0.504 e. The third-order valence-corrected chi connectivity index (χ3v) is 4.12. The van der Waals surface area contributed by atoms with Gasteiger partial charge in [-0.2, -0.15) is 0 Å². The van der Waals surface area contributed by atoms with Crippen molar-refractivity contribution in [1.82, 2.24) is 0 Å². The van der Waals surface area contributed by atoms with Crippen LogP contribution in [0.3, 0.4) is 0 Å². The van der Waals surface area contributed by atoms with Crippen molar-refractivity contribution in [3.8, 4) is 5.75 Å². The minimum Gasteiger partial charge on any atom is -0.504 e. The number of hydrogen-bond donors (Lipinski definition) is 0. The van der Waals surface area contributed by atoms with E-state index in [2.05, 4.69) is 0 Å². The Morgan fingerprint density at radius 1 is 1.18 bits per heavy atom. The van der Waals surface area contributed by atoms with Crippen LogP contribution in [0.4, 0.5) is 4.39 Å². The summed E-state index contributed by atoms with van der Waals surface area (Å²) in [6.45, 7) is 1.95. The molecule has 5 nitrogen and oxygen atoms in total. The molecule has 0 atom stereocenters. The van der Waals surface area contributed by atoms with E-state index in [0.717, 1.165) is 12.0 Å². The van der Waals surface area contributed by atoms with Crippen LogP contribution in [0.2, 0.25) is 0 Å². The van der Waals surface area contributed by atoms with Gasteiger partial charge in [0.25, 0.3) is 0 Å². The standard InChI is InChI=1S/C22H19FO5/c1-3-4-17-13-15-7-10-18(20(23)19(15)22(25)28-17)21(24)27-16-8-5-14(6-9-16)11-12-26-2/h5-13H,3-4H2,1-2H3/b12-11+. The molecule has 0 unspecified atom stereocenters. The summed E-state index contributed by atoms with van der Waals surface area (Å²) in [5.74, 6) is -1.10. The van der Waals surface area contributed by atoms with Crippen LogP contribution >= 0.6 is 0 Å². The molecule has 0 saturated carbocycles. The molecule has 0 aliphatic heterocycles. The minimum atomic E-state index is -0.945. The van der Waals surface area contributed by atoms with Crippen molar-refractivity contribution >= 4 is 22.8 Å². The second kappa shape index (κ2) is 8.52. The molecule has 1 heterocycles. The molecule has 28 heavy (non-hydrogen) atoms. The lowest BCUT2D eigenvalue weighted by atomic mass is 10.1. The van der Waals surface area contributed by atoms with E-state index in [9.17, 15) is 14.0 Å². The molecular formula is C22H19FO5. The Balaban J connectivity index is 1.88. The number of carbonyl (C=O) groups is 1. The van der Waals surface area contributed by atoms with Gasteiger partial charge < -0.3 is 13.9 Å². The highest BCUT2D eigenvalue weighted by Crippen LogP contribution is 2.22. The SMILES string of the molecule is CCCc1cc2ccc(C(=O)Oc3ccc(/C=C/OC)cc3)c(F)c2c(=O)o1. The van der Waals surface area contributed by atoms with Crippen molar-refractivity contribution < 1.29 is 23.1 Å². The van der Waals surface area contributed by atoms with Gasteiger partial charge in [-0.1, -0.05) is 25.1 Å². The molecule has 0 bridgehead atoms. The first-order chi connectivity index (χ1) is 13.5. The Kier molecular flexibility index (Phi) is 5.89. The third-order valence-electron chi connectivity index (χ3n) is 4.12. The molecule has 0 saturated heterocycles. The van der Waals surface area contributed by atoms with Crippen molar-refractivity contribution in [2.75, 3.05) is 7.11 Å². The number of esters is 1. The lowest BCUT2D eigenvalue weighted by molar-refractivity contribution is 0.0730. The average Bonchev–Trinajstić information content (AvgIpc) is 2.67. The number of benzene rings is 2. The van der Waals surface area contributed by atoms with Gasteiger partial charge in [0.1, 0.15) is 16.9 Å². The van der Waals surface area contributed by atoms with E-state index in [4.69, 9.17) is 13.9 Å². The maximum Gasteiger partial charge on any atom is 0.346 e. The molecule has 6 heteroatoms. The van der Waals surface area contributed by atoms with Gasteiger partial charge in [0.15, 0.2) is 5.82 Å². The zero-order chi connectivity index (χ0) is 20.1. The van der Waals surface area contributed by atoms with Gasteiger partial charge in [-0.05, 0) is 47.7 Å². The van der Waals surface area contributed by atoms with Crippen LogP contribution in [-0.2, 0) is 11.2 Å². The van der Waals surface area contributed by atoms with Gasteiger partial charge in [-0.15, -0.1) is 0 Å². The van der Waals surface area contributed by atoms with Crippen LogP contribution in [0.1, 0.15) is 35.0 Å². The normalized spacial score (nSPS) is 11.1. The fraction of sp³-hybridized carbons (Fsp3) is 0.182. The minimum absolute atomic E-state index is 0.254. The van der Waals surface area contributed by atoms with E-state index in [1.54, 1.807) is 36.4 Å². The van der Waals surface area contributed by atoms with E-state index < -0.39 is 17.4 Å². The lowest BCUT2D eigenvalue weighted by Crippen LogP contribution is -2.13. The Bertz CT molecular complexity index is 1080. The van der Waals surface area contributed by atoms with E-state index in [1.165, 1.54) is 25.5 Å². The monoisotopic (exact) mass is 382 g/mol. The Labute approximate surface area is 161 Å². The van der Waals surface area contributed by atoms with Crippen molar-refractivity contribution in [2.45, 2.75) is 19.8 Å². The molecule has 144 valence electrons. The Morgan fingerprint density at radius 3 is 2.61 bits per heavy atom. The van der Waals surface area contributed by atoms with Crippen LogP contribution in [0.15, 0.2) is 57.9 Å². The second-order valence-electron chi connectivity index (χ2n) is 6.14. The summed E-state index contributed by atoms with van der Waals surface area (Å²) in [6, 6.07) is 11.0. The van der Waals surface area contributed by atoms with E-state index in [1.807, 2.05) is 6.92 Å². The van der Waals surface area contributed by atoms with Crippen molar-refractivity contribution in [2.24, 2.45) is 0 Å². The molecule has 3 rings (SSSR count). The molecular weight excluding hydrogens is 363 g/mol. The fourth-order valence-corrected chi connectivity index (χ4v) is 2.77. The van der Waals surface area contributed by atoms with Crippen LogP contribution in [0.25, 0.3) is 16.8 Å². The number of halogens is 1. The van der Waals surface area contributed by atoms with Crippen LogP contribution in [-0.4, -0.2) is 13.1 Å². The molecule has 0 N–H and O–H groups in total. The number of carbonyl (C=O) groups excluding carboxylic acids is 1. The molecule has 0 aliphatic rings. The van der Waals surface area contributed by atoms with Gasteiger partial charge in [-0.3, -0.25) is 0 Å². The van der Waals surface area contributed by atoms with Gasteiger partial charge in [0, 0.05) is 6.42 Å². The number of fused-ring (bicyclic) bond motifs is 1. The number of hydrogen-bond acceptors (Lipinski definition) is 5. The van der Waals surface area contributed by atoms with Gasteiger partial charge in [0.05, 0.1) is 18.9 Å². The highest BCUT2D eigenvalue weighted by molar-refractivity contribution is 5.96. The molecule has 0 aliphatic carbocycles. The fourth-order valence-electron chi connectivity index (χ4n) is 2.77. The summed E-state index contributed by atoms with van der Waals surface area (Å²) in [5.41, 5.74) is -0.284. The number of aryl methyl sites for hydroxylation is 1. The van der Waals surface area contributed by atoms with Gasteiger partial charge in [-0.25, -0.2) is 14.0 Å². The first-order valence-corrected chi connectivity index (χ1v) is 8.80. The summed E-state index contributed by atoms with van der Waals surface area (Å²) >= 11 is 0. The quantitative estimate of drug-likeness (QED) is 0.351. The first-order valence-electron chi connectivity index (χ1n) is 8.80. The maximum atomic E-state index is 14.8. The topological polar surface area (TPSA) is 65.7 Å². The summed E-state index contributed by atoms with van der Waals surface area (Å²) in [4.78, 5) is 24.6. The van der Waals surface area contributed by atoms with E-state index in [0.29, 0.717) is 17.6 Å². The van der Waals surface area contributed by atoms with Crippen LogP contribution in [0.5, 0.6) is 5.75 Å². The first kappa shape index (κ1) is 19.4. The van der Waals surface area contributed by atoms with Crippen molar-refractivity contribution in [3.63, 3.8) is 0 Å². The number of rotatable bonds is 6. The average molecular weight is 382 g/mol. The van der Waals surface area contributed by atoms with E-state index in [-0.39, 0.29) is 16.7 Å².